The van der Waals surface area contributed by atoms with Crippen LogP contribution in [-0.4, -0.2) is 24.8 Å². The fraction of sp³-hybridized carbons (Fsp3) is 0.0870. The number of carbonyl (C=O) groups is 3. The molecule has 0 fully saturated rings. The number of rotatable bonds is 5. The average molecular weight is 438 g/mol. The predicted octanol–water partition coefficient (Wildman–Crippen LogP) is 3.98. The molecular formula is C23H20ClN3O4. The van der Waals surface area contributed by atoms with Crippen LogP contribution in [0.5, 0.6) is 5.75 Å². The third kappa shape index (κ3) is 5.61. The Hall–Kier alpha value is -3.84. The molecule has 0 saturated heterocycles. The van der Waals surface area contributed by atoms with Crippen molar-refractivity contribution in [3.05, 3.63) is 94.0 Å². The first-order valence-electron chi connectivity index (χ1n) is 9.29. The smallest absolute Gasteiger partial charge is 0.269 e. The Morgan fingerprint density at radius 2 is 1.45 bits per heavy atom. The minimum absolute atomic E-state index is 0.250. The number of hydrazine groups is 1. The number of ether oxygens (including phenoxy) is 1. The molecule has 0 bridgehead atoms. The van der Waals surface area contributed by atoms with E-state index in [0.717, 1.165) is 5.56 Å². The molecule has 8 heteroatoms. The first kappa shape index (κ1) is 21.9. The number of amides is 3. The van der Waals surface area contributed by atoms with Crippen molar-refractivity contribution >= 4 is 35.0 Å². The molecule has 3 N–H and O–H groups in total. The van der Waals surface area contributed by atoms with Crippen LogP contribution in [0, 0.1) is 6.92 Å². The minimum Gasteiger partial charge on any atom is -0.496 e. The van der Waals surface area contributed by atoms with Gasteiger partial charge in [0.15, 0.2) is 0 Å². The Bertz CT molecular complexity index is 1150. The minimum atomic E-state index is -0.530. The molecule has 0 atom stereocenters. The summed E-state index contributed by atoms with van der Waals surface area (Å²) in [5.41, 5.74) is 7.00. The summed E-state index contributed by atoms with van der Waals surface area (Å²) in [6.45, 7) is 1.87. The molecule has 158 valence electrons. The number of hydrogen-bond acceptors (Lipinski definition) is 4. The highest BCUT2D eigenvalue weighted by Gasteiger charge is 2.15. The van der Waals surface area contributed by atoms with E-state index in [0.29, 0.717) is 22.0 Å². The van der Waals surface area contributed by atoms with Crippen LogP contribution in [0.1, 0.15) is 36.6 Å². The lowest BCUT2D eigenvalue weighted by Crippen LogP contribution is -2.41. The van der Waals surface area contributed by atoms with Crippen LogP contribution in [0.4, 0.5) is 5.69 Å². The lowest BCUT2D eigenvalue weighted by molar-refractivity contribution is 0.0846. The Morgan fingerprint density at radius 3 is 2.10 bits per heavy atom. The molecule has 3 amide bonds. The molecule has 31 heavy (non-hydrogen) atoms. The zero-order valence-corrected chi connectivity index (χ0v) is 17.6. The van der Waals surface area contributed by atoms with E-state index in [9.17, 15) is 14.4 Å². The highest BCUT2D eigenvalue weighted by molar-refractivity contribution is 6.31. The van der Waals surface area contributed by atoms with Gasteiger partial charge in [0.1, 0.15) is 5.75 Å². The van der Waals surface area contributed by atoms with Crippen molar-refractivity contribution in [3.8, 4) is 5.75 Å². The zero-order valence-electron chi connectivity index (χ0n) is 16.9. The fourth-order valence-electron chi connectivity index (χ4n) is 2.84. The summed E-state index contributed by atoms with van der Waals surface area (Å²) >= 11 is 5.98. The van der Waals surface area contributed by atoms with Gasteiger partial charge in [-0.05, 0) is 55.5 Å². The first-order chi connectivity index (χ1) is 14.9. The van der Waals surface area contributed by atoms with Gasteiger partial charge in [-0.2, -0.15) is 0 Å². The van der Waals surface area contributed by atoms with Crippen molar-refractivity contribution in [2.45, 2.75) is 6.92 Å². The molecule has 3 aromatic rings. The molecule has 0 unspecified atom stereocenters. The number of nitrogens with one attached hydrogen (secondary N) is 3. The van der Waals surface area contributed by atoms with Gasteiger partial charge < -0.3 is 10.1 Å². The lowest BCUT2D eigenvalue weighted by Gasteiger charge is -2.11. The Morgan fingerprint density at radius 1 is 0.806 bits per heavy atom. The lowest BCUT2D eigenvalue weighted by atomic mass is 10.1. The second kappa shape index (κ2) is 9.77. The van der Waals surface area contributed by atoms with Gasteiger partial charge >= 0.3 is 0 Å². The molecule has 3 aromatic carbocycles. The molecule has 0 heterocycles. The van der Waals surface area contributed by atoms with Crippen molar-refractivity contribution in [2.24, 2.45) is 0 Å². The van der Waals surface area contributed by atoms with Gasteiger partial charge in [0.25, 0.3) is 17.7 Å². The van der Waals surface area contributed by atoms with E-state index in [-0.39, 0.29) is 11.1 Å². The molecule has 0 aromatic heterocycles. The van der Waals surface area contributed by atoms with E-state index in [4.69, 9.17) is 16.3 Å². The molecular weight excluding hydrogens is 418 g/mol. The van der Waals surface area contributed by atoms with Crippen molar-refractivity contribution in [2.75, 3.05) is 12.4 Å². The van der Waals surface area contributed by atoms with Crippen LogP contribution in [0.2, 0.25) is 5.02 Å². The molecule has 0 aliphatic heterocycles. The van der Waals surface area contributed by atoms with Gasteiger partial charge in [-0.3, -0.25) is 25.2 Å². The second-order valence-corrected chi connectivity index (χ2v) is 7.09. The van der Waals surface area contributed by atoms with E-state index < -0.39 is 17.7 Å². The van der Waals surface area contributed by atoms with Crippen molar-refractivity contribution in [1.82, 2.24) is 10.9 Å². The highest BCUT2D eigenvalue weighted by Crippen LogP contribution is 2.24. The number of halogens is 1. The van der Waals surface area contributed by atoms with Gasteiger partial charge in [-0.15, -0.1) is 0 Å². The summed E-state index contributed by atoms with van der Waals surface area (Å²) in [5.74, 6) is -1.04. The van der Waals surface area contributed by atoms with Crippen LogP contribution in [0.25, 0.3) is 0 Å². The fourth-order valence-corrected chi connectivity index (χ4v) is 3.01. The summed E-state index contributed by atoms with van der Waals surface area (Å²) in [4.78, 5) is 37.2. The van der Waals surface area contributed by atoms with Crippen molar-refractivity contribution in [3.63, 3.8) is 0 Å². The van der Waals surface area contributed by atoms with Gasteiger partial charge in [-0.25, -0.2) is 0 Å². The second-order valence-electron chi connectivity index (χ2n) is 6.66. The molecule has 3 rings (SSSR count). The van der Waals surface area contributed by atoms with E-state index in [1.54, 1.807) is 48.5 Å². The van der Waals surface area contributed by atoms with E-state index >= 15 is 0 Å². The normalized spacial score (nSPS) is 10.2. The van der Waals surface area contributed by atoms with E-state index in [2.05, 4.69) is 16.2 Å². The third-order valence-corrected chi connectivity index (χ3v) is 4.59. The van der Waals surface area contributed by atoms with E-state index in [1.807, 2.05) is 13.0 Å². The van der Waals surface area contributed by atoms with Crippen LogP contribution in [-0.2, 0) is 0 Å². The average Bonchev–Trinajstić information content (AvgIpc) is 2.77. The quantitative estimate of drug-likeness (QED) is 0.526. The maximum Gasteiger partial charge on any atom is 0.269 e. The Kier molecular flexibility index (Phi) is 6.89. The number of benzene rings is 3. The Labute approximate surface area is 184 Å². The molecule has 0 radical (unpaired) electrons. The van der Waals surface area contributed by atoms with Gasteiger partial charge in [-0.1, -0.05) is 35.4 Å². The van der Waals surface area contributed by atoms with Crippen molar-refractivity contribution < 1.29 is 19.1 Å². The standard InChI is InChI=1S/C23H20ClN3O4/c1-14-5-3-6-15(11-14)21(28)26-27-22(29)16-7-4-8-18(12-16)25-23(30)19-13-17(24)9-10-20(19)31-2/h3-13H,1-2H3,(H,25,30)(H,26,28)(H,27,29). The number of carbonyl (C=O) groups excluding carboxylic acids is 3. The summed E-state index contributed by atoms with van der Waals surface area (Å²) in [5, 5.41) is 3.10. The Balaban J connectivity index is 1.67. The zero-order chi connectivity index (χ0) is 22.4. The number of hydrogen-bond donors (Lipinski definition) is 3. The van der Waals surface area contributed by atoms with Gasteiger partial charge in [0.05, 0.1) is 12.7 Å². The molecule has 0 aliphatic rings. The SMILES string of the molecule is COc1ccc(Cl)cc1C(=O)Nc1cccc(C(=O)NNC(=O)c2cccc(C)c2)c1. The summed E-state index contributed by atoms with van der Waals surface area (Å²) in [6, 6.07) is 18.0. The van der Waals surface area contributed by atoms with Gasteiger partial charge in [0, 0.05) is 21.8 Å². The number of anilines is 1. The maximum absolute atomic E-state index is 12.6. The highest BCUT2D eigenvalue weighted by atomic mass is 35.5. The first-order valence-corrected chi connectivity index (χ1v) is 9.67. The summed E-state index contributed by atoms with van der Waals surface area (Å²) < 4.78 is 5.20. The topological polar surface area (TPSA) is 96.5 Å². The van der Waals surface area contributed by atoms with Crippen LogP contribution in [0.3, 0.4) is 0 Å². The number of methoxy groups -OCH3 is 1. The third-order valence-electron chi connectivity index (χ3n) is 4.36. The van der Waals surface area contributed by atoms with E-state index in [1.165, 1.54) is 19.2 Å². The molecule has 0 saturated carbocycles. The van der Waals surface area contributed by atoms with Gasteiger partial charge in [0.2, 0.25) is 0 Å². The van der Waals surface area contributed by atoms with Crippen molar-refractivity contribution in [1.29, 1.82) is 0 Å². The largest absolute Gasteiger partial charge is 0.496 e. The number of aryl methyl sites for hydroxylation is 1. The molecule has 0 spiro atoms. The molecule has 0 aliphatic carbocycles. The molecule has 7 nitrogen and oxygen atoms in total. The van der Waals surface area contributed by atoms with Crippen LogP contribution in [0.15, 0.2) is 66.7 Å². The predicted molar refractivity (Wildman–Crippen MR) is 119 cm³/mol. The van der Waals surface area contributed by atoms with Crippen LogP contribution >= 0.6 is 11.6 Å². The monoisotopic (exact) mass is 437 g/mol. The maximum atomic E-state index is 12.6. The summed E-state index contributed by atoms with van der Waals surface area (Å²) in [7, 11) is 1.45. The van der Waals surface area contributed by atoms with Crippen LogP contribution < -0.4 is 20.9 Å². The summed E-state index contributed by atoms with van der Waals surface area (Å²) in [6.07, 6.45) is 0.